The highest BCUT2D eigenvalue weighted by Gasteiger charge is 2.19. The number of hydrogen-bond donors (Lipinski definition) is 1. The monoisotopic (exact) mass is 283 g/mol. The zero-order valence-corrected chi connectivity index (χ0v) is 12.9. The van der Waals surface area contributed by atoms with Crippen molar-refractivity contribution in [2.24, 2.45) is 5.92 Å². The molecule has 3 heteroatoms. The van der Waals surface area contributed by atoms with Gasteiger partial charge in [-0.15, -0.1) is 0 Å². The smallest absolute Gasteiger partial charge is 0.0705 e. The third-order valence-corrected chi connectivity index (χ3v) is 4.52. The maximum absolute atomic E-state index is 4.45. The van der Waals surface area contributed by atoms with Crippen LogP contribution in [-0.2, 0) is 6.54 Å². The lowest BCUT2D eigenvalue weighted by molar-refractivity contribution is 0.176. The molecular weight excluding hydrogens is 258 g/mol. The molecule has 0 unspecified atom stereocenters. The number of nitrogens with one attached hydrogen (secondary N) is 1. The molecule has 1 aromatic heterocycles. The molecule has 0 radical (unpaired) electrons. The minimum atomic E-state index is 0.857. The molecule has 0 bridgehead atoms. The van der Waals surface area contributed by atoms with Crippen LogP contribution in [0.3, 0.4) is 0 Å². The van der Waals surface area contributed by atoms with Crippen molar-refractivity contribution in [1.29, 1.82) is 0 Å². The van der Waals surface area contributed by atoms with E-state index in [0.717, 1.165) is 24.5 Å². The van der Waals surface area contributed by atoms with Crippen LogP contribution in [0.25, 0.3) is 10.9 Å². The zero-order valence-electron chi connectivity index (χ0n) is 12.9. The molecule has 0 amide bonds. The lowest BCUT2D eigenvalue weighted by Crippen LogP contribution is -2.36. The van der Waals surface area contributed by atoms with E-state index in [9.17, 15) is 0 Å². The van der Waals surface area contributed by atoms with E-state index in [2.05, 4.69) is 52.5 Å². The minimum Gasteiger partial charge on any atom is -0.317 e. The molecule has 2 aromatic rings. The summed E-state index contributed by atoms with van der Waals surface area (Å²) in [7, 11) is 0. The van der Waals surface area contributed by atoms with Crippen LogP contribution in [-0.4, -0.2) is 36.1 Å². The number of pyridine rings is 1. The summed E-state index contributed by atoms with van der Waals surface area (Å²) in [5, 5.41) is 4.78. The molecule has 1 aromatic carbocycles. The van der Waals surface area contributed by atoms with Gasteiger partial charge in [-0.2, -0.15) is 0 Å². The van der Waals surface area contributed by atoms with Gasteiger partial charge in [0, 0.05) is 18.1 Å². The van der Waals surface area contributed by atoms with Crippen molar-refractivity contribution in [3.8, 4) is 0 Å². The first kappa shape index (κ1) is 14.5. The molecule has 3 nitrogen and oxygen atoms in total. The second kappa shape index (κ2) is 7.01. The van der Waals surface area contributed by atoms with Gasteiger partial charge in [0.05, 0.1) is 5.52 Å². The topological polar surface area (TPSA) is 28.2 Å². The number of hydrogen-bond acceptors (Lipinski definition) is 3. The van der Waals surface area contributed by atoms with Crippen molar-refractivity contribution in [2.75, 3.05) is 26.2 Å². The Morgan fingerprint density at radius 1 is 1.19 bits per heavy atom. The largest absolute Gasteiger partial charge is 0.317 e. The van der Waals surface area contributed by atoms with Gasteiger partial charge in [-0.3, -0.25) is 9.88 Å². The summed E-state index contributed by atoms with van der Waals surface area (Å²) in [5.41, 5.74) is 2.52. The lowest BCUT2D eigenvalue weighted by atomic mass is 9.96. The normalized spacial score (nSPS) is 17.4. The van der Waals surface area contributed by atoms with Crippen LogP contribution in [0, 0.1) is 5.92 Å². The number of rotatable bonds is 5. The van der Waals surface area contributed by atoms with Crippen molar-refractivity contribution in [1.82, 2.24) is 15.2 Å². The van der Waals surface area contributed by atoms with Crippen molar-refractivity contribution in [2.45, 2.75) is 26.3 Å². The Kier molecular flexibility index (Phi) is 4.84. The van der Waals surface area contributed by atoms with Crippen LogP contribution in [0.2, 0.25) is 0 Å². The van der Waals surface area contributed by atoms with Gasteiger partial charge >= 0.3 is 0 Å². The molecule has 0 aliphatic carbocycles. The Bertz CT molecular complexity index is 568. The highest BCUT2D eigenvalue weighted by atomic mass is 15.1. The van der Waals surface area contributed by atoms with E-state index in [0.29, 0.717) is 0 Å². The summed E-state index contributed by atoms with van der Waals surface area (Å²) < 4.78 is 0. The summed E-state index contributed by atoms with van der Waals surface area (Å²) in [6.45, 7) is 7.94. The van der Waals surface area contributed by atoms with E-state index >= 15 is 0 Å². The van der Waals surface area contributed by atoms with E-state index in [1.807, 2.05) is 6.20 Å². The number of para-hydroxylation sites is 1. The highest BCUT2D eigenvalue weighted by Crippen LogP contribution is 2.22. The standard InChI is InChI=1S/C18H25N3/c1-2-19-13-15-8-11-21(12-9-15)14-16-7-10-20-18-6-4-3-5-17(16)18/h3-7,10,15,19H,2,8-9,11-14H2,1H3. The first-order chi connectivity index (χ1) is 10.4. The van der Waals surface area contributed by atoms with Crippen LogP contribution in [0.1, 0.15) is 25.3 Å². The van der Waals surface area contributed by atoms with Crippen molar-refractivity contribution >= 4 is 10.9 Å². The van der Waals surface area contributed by atoms with Gasteiger partial charge in [0.1, 0.15) is 0 Å². The van der Waals surface area contributed by atoms with E-state index < -0.39 is 0 Å². The molecule has 0 saturated carbocycles. The molecular formula is C18H25N3. The number of fused-ring (bicyclic) bond motifs is 1. The predicted octanol–water partition coefficient (Wildman–Crippen LogP) is 3.06. The quantitative estimate of drug-likeness (QED) is 0.914. The average Bonchev–Trinajstić information content (AvgIpc) is 2.55. The van der Waals surface area contributed by atoms with Crippen LogP contribution in [0.15, 0.2) is 36.5 Å². The molecule has 0 spiro atoms. The molecule has 2 heterocycles. The summed E-state index contributed by atoms with van der Waals surface area (Å²) in [6.07, 6.45) is 4.57. The van der Waals surface area contributed by atoms with Crippen molar-refractivity contribution in [3.63, 3.8) is 0 Å². The average molecular weight is 283 g/mol. The van der Waals surface area contributed by atoms with Gasteiger partial charge < -0.3 is 5.32 Å². The number of nitrogens with zero attached hydrogens (tertiary/aromatic N) is 2. The number of likely N-dealkylation sites (tertiary alicyclic amines) is 1. The second-order valence-corrected chi connectivity index (χ2v) is 6.01. The maximum atomic E-state index is 4.45. The summed E-state index contributed by atoms with van der Waals surface area (Å²) in [5.74, 6) is 0.857. The first-order valence-electron chi connectivity index (χ1n) is 8.12. The Balaban J connectivity index is 1.62. The SMILES string of the molecule is CCNCC1CCN(Cc2ccnc3ccccc23)CC1. The first-order valence-corrected chi connectivity index (χ1v) is 8.12. The van der Waals surface area contributed by atoms with Crippen LogP contribution < -0.4 is 5.32 Å². The van der Waals surface area contributed by atoms with E-state index in [4.69, 9.17) is 0 Å². The molecule has 112 valence electrons. The Hall–Kier alpha value is -1.45. The number of piperidine rings is 1. The molecule has 1 N–H and O–H groups in total. The minimum absolute atomic E-state index is 0.857. The third kappa shape index (κ3) is 3.60. The maximum Gasteiger partial charge on any atom is 0.0705 e. The molecule has 1 saturated heterocycles. The lowest BCUT2D eigenvalue weighted by Gasteiger charge is -2.32. The fraction of sp³-hybridized carbons (Fsp3) is 0.500. The second-order valence-electron chi connectivity index (χ2n) is 6.01. The van der Waals surface area contributed by atoms with E-state index in [1.54, 1.807) is 0 Å². The molecule has 3 rings (SSSR count). The molecule has 1 aliphatic heterocycles. The van der Waals surface area contributed by atoms with Gasteiger partial charge in [0.25, 0.3) is 0 Å². The fourth-order valence-corrected chi connectivity index (χ4v) is 3.23. The van der Waals surface area contributed by atoms with Crippen LogP contribution in [0.5, 0.6) is 0 Å². The summed E-state index contributed by atoms with van der Waals surface area (Å²) >= 11 is 0. The molecule has 1 fully saturated rings. The fourth-order valence-electron chi connectivity index (χ4n) is 3.23. The highest BCUT2D eigenvalue weighted by molar-refractivity contribution is 5.81. The van der Waals surface area contributed by atoms with Crippen LogP contribution >= 0.6 is 0 Å². The summed E-state index contributed by atoms with van der Waals surface area (Å²) in [4.78, 5) is 7.04. The number of benzene rings is 1. The van der Waals surface area contributed by atoms with E-state index in [1.165, 1.54) is 43.4 Å². The Morgan fingerprint density at radius 2 is 2.00 bits per heavy atom. The molecule has 1 aliphatic rings. The Morgan fingerprint density at radius 3 is 2.81 bits per heavy atom. The molecule has 0 atom stereocenters. The Labute approximate surface area is 127 Å². The third-order valence-electron chi connectivity index (χ3n) is 4.52. The van der Waals surface area contributed by atoms with Crippen LogP contribution in [0.4, 0.5) is 0 Å². The van der Waals surface area contributed by atoms with Gasteiger partial charge in [-0.05, 0) is 62.6 Å². The van der Waals surface area contributed by atoms with Crippen molar-refractivity contribution < 1.29 is 0 Å². The van der Waals surface area contributed by atoms with Gasteiger partial charge in [0.15, 0.2) is 0 Å². The van der Waals surface area contributed by atoms with Gasteiger partial charge in [-0.1, -0.05) is 25.1 Å². The van der Waals surface area contributed by atoms with Gasteiger partial charge in [0.2, 0.25) is 0 Å². The van der Waals surface area contributed by atoms with E-state index in [-0.39, 0.29) is 0 Å². The zero-order chi connectivity index (χ0) is 14.5. The predicted molar refractivity (Wildman–Crippen MR) is 88.3 cm³/mol. The van der Waals surface area contributed by atoms with Crippen molar-refractivity contribution in [3.05, 3.63) is 42.1 Å². The van der Waals surface area contributed by atoms with Gasteiger partial charge in [-0.25, -0.2) is 0 Å². The molecule has 21 heavy (non-hydrogen) atoms. The number of aromatic nitrogens is 1. The summed E-state index contributed by atoms with van der Waals surface area (Å²) in [6, 6.07) is 10.6.